The van der Waals surface area contributed by atoms with Gasteiger partial charge in [0.2, 0.25) is 0 Å². The van der Waals surface area contributed by atoms with Crippen LogP contribution in [0, 0.1) is 0 Å². The van der Waals surface area contributed by atoms with E-state index in [2.05, 4.69) is 16.7 Å². The molecule has 1 aromatic heterocycles. The van der Waals surface area contributed by atoms with Crippen molar-refractivity contribution in [2.24, 2.45) is 0 Å². The van der Waals surface area contributed by atoms with Crippen LogP contribution in [0.2, 0.25) is 0 Å². The molecule has 2 N–H and O–H groups in total. The molecule has 0 unspecified atom stereocenters. The number of rotatable bonds is 4. The van der Waals surface area contributed by atoms with E-state index in [1.807, 2.05) is 42.6 Å². The molecule has 0 bridgehead atoms. The maximum atomic E-state index is 9.47. The van der Waals surface area contributed by atoms with Crippen LogP contribution < -0.4 is 0 Å². The van der Waals surface area contributed by atoms with Crippen LogP contribution in [-0.2, 0) is 19.8 Å². The second-order valence-corrected chi connectivity index (χ2v) is 4.93. The van der Waals surface area contributed by atoms with Gasteiger partial charge in [-0.2, -0.15) is 0 Å². The quantitative estimate of drug-likeness (QED) is 0.763. The van der Waals surface area contributed by atoms with Crippen LogP contribution in [0.3, 0.4) is 0 Å². The molecular formula is C17H17NO2. The summed E-state index contributed by atoms with van der Waals surface area (Å²) in [6, 6.07) is 16.0. The van der Waals surface area contributed by atoms with Crippen molar-refractivity contribution in [3.63, 3.8) is 0 Å². The molecular weight excluding hydrogens is 250 g/mol. The first kappa shape index (κ1) is 12.9. The highest BCUT2D eigenvalue weighted by Gasteiger charge is 2.06. The van der Waals surface area contributed by atoms with Crippen molar-refractivity contribution >= 4 is 10.9 Å². The highest BCUT2D eigenvalue weighted by molar-refractivity contribution is 5.83. The van der Waals surface area contributed by atoms with Crippen molar-refractivity contribution < 1.29 is 10.2 Å². The van der Waals surface area contributed by atoms with Gasteiger partial charge in [0.1, 0.15) is 0 Å². The second-order valence-electron chi connectivity index (χ2n) is 4.93. The van der Waals surface area contributed by atoms with Gasteiger partial charge in [-0.25, -0.2) is 0 Å². The summed E-state index contributed by atoms with van der Waals surface area (Å²) in [5.74, 6) is 0. The number of benzene rings is 2. The number of nitrogens with zero attached hydrogens (tertiary/aromatic N) is 1. The van der Waals surface area contributed by atoms with Gasteiger partial charge in [0, 0.05) is 18.3 Å². The Morgan fingerprint density at radius 2 is 1.55 bits per heavy atom. The van der Waals surface area contributed by atoms with Gasteiger partial charge in [-0.05, 0) is 22.6 Å². The number of aromatic nitrogens is 1. The smallest absolute Gasteiger partial charge is 0.0702 e. The van der Waals surface area contributed by atoms with Crippen LogP contribution in [0.1, 0.15) is 16.7 Å². The summed E-state index contributed by atoms with van der Waals surface area (Å²) in [5, 5.41) is 19.7. The lowest BCUT2D eigenvalue weighted by Crippen LogP contribution is -2.00. The first-order valence-corrected chi connectivity index (χ1v) is 6.68. The van der Waals surface area contributed by atoms with Crippen molar-refractivity contribution in [2.45, 2.75) is 19.8 Å². The lowest BCUT2D eigenvalue weighted by molar-refractivity contribution is 0.281. The van der Waals surface area contributed by atoms with E-state index in [-0.39, 0.29) is 13.2 Å². The van der Waals surface area contributed by atoms with E-state index in [4.69, 9.17) is 5.11 Å². The molecule has 0 spiro atoms. The molecule has 0 amide bonds. The molecule has 20 heavy (non-hydrogen) atoms. The topological polar surface area (TPSA) is 45.4 Å². The highest BCUT2D eigenvalue weighted by atomic mass is 16.3. The highest BCUT2D eigenvalue weighted by Crippen LogP contribution is 2.21. The van der Waals surface area contributed by atoms with Crippen LogP contribution in [-0.4, -0.2) is 14.8 Å². The third-order valence-corrected chi connectivity index (χ3v) is 3.60. The minimum atomic E-state index is 0.0464. The van der Waals surface area contributed by atoms with Gasteiger partial charge in [0.25, 0.3) is 0 Å². The largest absolute Gasteiger partial charge is 0.392 e. The average molecular weight is 267 g/mol. The third-order valence-electron chi connectivity index (χ3n) is 3.60. The summed E-state index contributed by atoms with van der Waals surface area (Å²) in [6.07, 6.45) is 2.05. The summed E-state index contributed by atoms with van der Waals surface area (Å²) in [4.78, 5) is 0. The summed E-state index contributed by atoms with van der Waals surface area (Å²) in [5.41, 5.74) is 4.12. The zero-order valence-electron chi connectivity index (χ0n) is 11.2. The fourth-order valence-corrected chi connectivity index (χ4v) is 2.55. The number of aliphatic hydroxyl groups is 2. The van der Waals surface area contributed by atoms with Crippen LogP contribution >= 0.6 is 0 Å². The Hall–Kier alpha value is -2.10. The summed E-state index contributed by atoms with van der Waals surface area (Å²) >= 11 is 0. The second kappa shape index (κ2) is 5.49. The molecule has 3 rings (SSSR count). The molecule has 1 heterocycles. The van der Waals surface area contributed by atoms with Crippen LogP contribution in [0.15, 0.2) is 54.7 Å². The van der Waals surface area contributed by atoms with Gasteiger partial charge in [-0.1, -0.05) is 42.5 Å². The molecule has 0 aliphatic heterocycles. The van der Waals surface area contributed by atoms with Crippen molar-refractivity contribution in [3.8, 4) is 0 Å². The first-order chi connectivity index (χ1) is 9.81. The van der Waals surface area contributed by atoms with Crippen molar-refractivity contribution in [1.29, 1.82) is 0 Å². The number of fused-ring (bicyclic) bond motifs is 1. The maximum absolute atomic E-state index is 9.47. The van der Waals surface area contributed by atoms with E-state index in [9.17, 15) is 5.11 Å². The molecule has 2 aromatic carbocycles. The molecule has 0 radical (unpaired) electrons. The number of hydrogen-bond donors (Lipinski definition) is 2. The Labute approximate surface area is 117 Å². The Kier molecular flexibility index (Phi) is 3.54. The summed E-state index contributed by atoms with van der Waals surface area (Å²) in [7, 11) is 0. The number of hydrogen-bond acceptors (Lipinski definition) is 2. The Morgan fingerprint density at radius 3 is 2.25 bits per heavy atom. The van der Waals surface area contributed by atoms with E-state index in [1.54, 1.807) is 0 Å². The molecule has 3 heteroatoms. The normalized spacial score (nSPS) is 11.1. The number of para-hydroxylation sites is 1. The fourth-order valence-electron chi connectivity index (χ4n) is 2.55. The lowest BCUT2D eigenvalue weighted by atomic mass is 10.1. The molecule has 0 atom stereocenters. The van der Waals surface area contributed by atoms with Gasteiger partial charge < -0.3 is 14.8 Å². The number of aliphatic hydroxyl groups excluding tert-OH is 2. The molecule has 3 nitrogen and oxygen atoms in total. The van der Waals surface area contributed by atoms with Crippen LogP contribution in [0.4, 0.5) is 0 Å². The minimum Gasteiger partial charge on any atom is -0.392 e. The molecule has 102 valence electrons. The SMILES string of the molecule is OCc1ccc(Cn2ccc3cccc(CO)c32)cc1. The van der Waals surface area contributed by atoms with Crippen molar-refractivity contribution in [2.75, 3.05) is 0 Å². The predicted molar refractivity (Wildman–Crippen MR) is 79.3 cm³/mol. The Bertz CT molecular complexity index is 713. The van der Waals surface area contributed by atoms with E-state index < -0.39 is 0 Å². The molecule has 0 saturated carbocycles. The summed E-state index contributed by atoms with van der Waals surface area (Å²) in [6.45, 7) is 0.873. The predicted octanol–water partition coefficient (Wildman–Crippen LogP) is 2.67. The van der Waals surface area contributed by atoms with Crippen LogP contribution in [0.25, 0.3) is 10.9 Å². The fraction of sp³-hybridized carbons (Fsp3) is 0.176. The molecule has 0 aliphatic carbocycles. The van der Waals surface area contributed by atoms with E-state index >= 15 is 0 Å². The van der Waals surface area contributed by atoms with Crippen molar-refractivity contribution in [3.05, 3.63) is 71.4 Å². The molecule has 3 aromatic rings. The zero-order valence-corrected chi connectivity index (χ0v) is 11.2. The van der Waals surface area contributed by atoms with Crippen LogP contribution in [0.5, 0.6) is 0 Å². The van der Waals surface area contributed by atoms with Gasteiger partial charge in [0.15, 0.2) is 0 Å². The third kappa shape index (κ3) is 2.33. The Balaban J connectivity index is 1.97. The lowest BCUT2D eigenvalue weighted by Gasteiger charge is -2.09. The van der Waals surface area contributed by atoms with E-state index in [1.165, 1.54) is 5.56 Å². The van der Waals surface area contributed by atoms with Gasteiger partial charge in [-0.3, -0.25) is 0 Å². The standard InChI is InChI=1S/C17H17NO2/c19-11-14-6-4-13(5-7-14)10-18-9-8-15-2-1-3-16(12-20)17(15)18/h1-9,19-20H,10-12H2. The molecule has 0 saturated heterocycles. The minimum absolute atomic E-state index is 0.0464. The maximum Gasteiger partial charge on any atom is 0.0702 e. The average Bonchev–Trinajstić information content (AvgIpc) is 2.91. The molecule has 0 aliphatic rings. The van der Waals surface area contributed by atoms with Gasteiger partial charge in [0.05, 0.1) is 18.7 Å². The monoisotopic (exact) mass is 267 g/mol. The van der Waals surface area contributed by atoms with Gasteiger partial charge >= 0.3 is 0 Å². The Morgan fingerprint density at radius 1 is 0.800 bits per heavy atom. The van der Waals surface area contributed by atoms with E-state index in [0.29, 0.717) is 0 Å². The first-order valence-electron chi connectivity index (χ1n) is 6.68. The zero-order chi connectivity index (χ0) is 13.9. The van der Waals surface area contributed by atoms with Crippen molar-refractivity contribution in [1.82, 2.24) is 4.57 Å². The van der Waals surface area contributed by atoms with Gasteiger partial charge in [-0.15, -0.1) is 0 Å². The van der Waals surface area contributed by atoms with E-state index in [0.717, 1.165) is 28.6 Å². The molecule has 0 fully saturated rings. The summed E-state index contributed by atoms with van der Waals surface area (Å²) < 4.78 is 2.15.